The number of nitrogens with one attached hydrogen (secondary N) is 2. The topological polar surface area (TPSA) is 70.1 Å². The van der Waals surface area contributed by atoms with Crippen LogP contribution < -0.4 is 10.6 Å². The molecule has 1 aromatic rings. The predicted octanol–water partition coefficient (Wildman–Crippen LogP) is 1.24. The first-order chi connectivity index (χ1) is 7.78. The molecule has 1 aromatic heterocycles. The fourth-order valence-electron chi connectivity index (χ4n) is 2.19. The molecule has 0 unspecified atom stereocenters. The Morgan fingerprint density at radius 1 is 1.31 bits per heavy atom. The minimum atomic E-state index is -0.193. The van der Waals surface area contributed by atoms with Gasteiger partial charge in [-0.05, 0) is 12.8 Å². The largest absolute Gasteiger partial charge is 0.394 e. The smallest absolute Gasteiger partial charge is 0.147 e. The van der Waals surface area contributed by atoms with Crippen LogP contribution in [0.2, 0.25) is 0 Å². The lowest BCUT2D eigenvalue weighted by Crippen LogP contribution is -2.39. The summed E-state index contributed by atoms with van der Waals surface area (Å²) in [5.41, 5.74) is -0.193. The third-order valence-corrected chi connectivity index (χ3v) is 3.15. The molecule has 1 saturated carbocycles. The maximum Gasteiger partial charge on any atom is 0.147 e. The SMILES string of the molecule is CNc1cncc(NC2(CO)CCCC2)n1. The van der Waals surface area contributed by atoms with Crippen LogP contribution in [-0.2, 0) is 0 Å². The molecular formula is C11H18N4O. The minimum absolute atomic E-state index is 0.151. The molecule has 88 valence electrons. The van der Waals surface area contributed by atoms with E-state index in [9.17, 15) is 5.11 Å². The number of anilines is 2. The maximum atomic E-state index is 9.48. The van der Waals surface area contributed by atoms with Crippen molar-refractivity contribution in [2.24, 2.45) is 0 Å². The fraction of sp³-hybridized carbons (Fsp3) is 0.636. The number of aliphatic hydroxyl groups excluding tert-OH is 1. The summed E-state index contributed by atoms with van der Waals surface area (Å²) >= 11 is 0. The molecule has 1 aliphatic rings. The van der Waals surface area contributed by atoms with Crippen LogP contribution in [0.5, 0.6) is 0 Å². The Morgan fingerprint density at radius 2 is 2.00 bits per heavy atom. The quantitative estimate of drug-likeness (QED) is 0.715. The second-order valence-electron chi connectivity index (χ2n) is 4.31. The van der Waals surface area contributed by atoms with Gasteiger partial charge in [0.05, 0.1) is 24.5 Å². The van der Waals surface area contributed by atoms with Crippen LogP contribution in [0.25, 0.3) is 0 Å². The summed E-state index contributed by atoms with van der Waals surface area (Å²) < 4.78 is 0. The van der Waals surface area contributed by atoms with Crippen LogP contribution in [0, 0.1) is 0 Å². The number of aliphatic hydroxyl groups is 1. The van der Waals surface area contributed by atoms with Crippen molar-refractivity contribution in [1.29, 1.82) is 0 Å². The van der Waals surface area contributed by atoms with E-state index >= 15 is 0 Å². The van der Waals surface area contributed by atoms with E-state index in [0.29, 0.717) is 0 Å². The van der Waals surface area contributed by atoms with Gasteiger partial charge in [0, 0.05) is 7.05 Å². The van der Waals surface area contributed by atoms with Crippen molar-refractivity contribution in [2.75, 3.05) is 24.3 Å². The fourth-order valence-corrected chi connectivity index (χ4v) is 2.19. The van der Waals surface area contributed by atoms with Gasteiger partial charge >= 0.3 is 0 Å². The van der Waals surface area contributed by atoms with Crippen LogP contribution >= 0.6 is 0 Å². The zero-order chi connectivity index (χ0) is 11.4. The normalized spacial score (nSPS) is 18.4. The van der Waals surface area contributed by atoms with Gasteiger partial charge in [-0.15, -0.1) is 0 Å². The summed E-state index contributed by atoms with van der Waals surface area (Å²) in [6.45, 7) is 0.151. The number of hydrogen-bond donors (Lipinski definition) is 3. The van der Waals surface area contributed by atoms with Crippen molar-refractivity contribution in [2.45, 2.75) is 31.2 Å². The molecule has 0 amide bonds. The highest BCUT2D eigenvalue weighted by Gasteiger charge is 2.33. The number of nitrogens with zero attached hydrogens (tertiary/aromatic N) is 2. The molecular weight excluding hydrogens is 204 g/mol. The summed E-state index contributed by atoms with van der Waals surface area (Å²) in [5, 5.41) is 15.7. The van der Waals surface area contributed by atoms with Crippen LogP contribution in [0.3, 0.4) is 0 Å². The first-order valence-electron chi connectivity index (χ1n) is 5.67. The highest BCUT2D eigenvalue weighted by atomic mass is 16.3. The van der Waals surface area contributed by atoms with E-state index in [2.05, 4.69) is 20.6 Å². The van der Waals surface area contributed by atoms with Gasteiger partial charge in [-0.2, -0.15) is 0 Å². The van der Waals surface area contributed by atoms with Gasteiger partial charge in [-0.1, -0.05) is 12.8 Å². The van der Waals surface area contributed by atoms with E-state index in [1.54, 1.807) is 12.4 Å². The molecule has 5 nitrogen and oxygen atoms in total. The molecule has 0 aliphatic heterocycles. The van der Waals surface area contributed by atoms with Gasteiger partial charge in [-0.3, -0.25) is 4.98 Å². The number of rotatable bonds is 4. The van der Waals surface area contributed by atoms with Gasteiger partial charge in [0.25, 0.3) is 0 Å². The van der Waals surface area contributed by atoms with Crippen LogP contribution in [0.4, 0.5) is 11.6 Å². The van der Waals surface area contributed by atoms with Crippen molar-refractivity contribution >= 4 is 11.6 Å². The number of hydrogen-bond acceptors (Lipinski definition) is 5. The Morgan fingerprint density at radius 3 is 2.62 bits per heavy atom. The second-order valence-corrected chi connectivity index (χ2v) is 4.31. The lowest BCUT2D eigenvalue weighted by atomic mass is 9.99. The molecule has 0 spiro atoms. The summed E-state index contributed by atoms with van der Waals surface area (Å²) in [6, 6.07) is 0. The second kappa shape index (κ2) is 4.65. The summed E-state index contributed by atoms with van der Waals surface area (Å²) in [6.07, 6.45) is 7.67. The molecule has 0 radical (unpaired) electrons. The van der Waals surface area contributed by atoms with E-state index in [4.69, 9.17) is 0 Å². The van der Waals surface area contributed by atoms with E-state index < -0.39 is 0 Å². The van der Waals surface area contributed by atoms with Crippen molar-refractivity contribution in [1.82, 2.24) is 9.97 Å². The molecule has 3 N–H and O–H groups in total. The monoisotopic (exact) mass is 222 g/mol. The summed E-state index contributed by atoms with van der Waals surface area (Å²) in [7, 11) is 1.81. The lowest BCUT2D eigenvalue weighted by Gasteiger charge is -2.28. The Labute approximate surface area is 95.3 Å². The lowest BCUT2D eigenvalue weighted by molar-refractivity contribution is 0.214. The van der Waals surface area contributed by atoms with E-state index in [1.807, 2.05) is 7.05 Å². The van der Waals surface area contributed by atoms with Crippen molar-refractivity contribution < 1.29 is 5.11 Å². The zero-order valence-electron chi connectivity index (χ0n) is 9.53. The van der Waals surface area contributed by atoms with Crippen LogP contribution in [0.1, 0.15) is 25.7 Å². The molecule has 0 bridgehead atoms. The van der Waals surface area contributed by atoms with Crippen molar-refractivity contribution in [3.8, 4) is 0 Å². The molecule has 1 heterocycles. The summed E-state index contributed by atoms with van der Waals surface area (Å²) in [4.78, 5) is 8.45. The molecule has 5 heteroatoms. The first-order valence-corrected chi connectivity index (χ1v) is 5.67. The van der Waals surface area contributed by atoms with Gasteiger partial charge in [0.2, 0.25) is 0 Å². The van der Waals surface area contributed by atoms with Crippen LogP contribution in [-0.4, -0.2) is 34.3 Å². The predicted molar refractivity (Wildman–Crippen MR) is 63.5 cm³/mol. The Bertz CT molecular complexity index is 350. The highest BCUT2D eigenvalue weighted by molar-refractivity contribution is 5.43. The summed E-state index contributed by atoms with van der Waals surface area (Å²) in [5.74, 6) is 1.46. The number of aromatic nitrogens is 2. The third kappa shape index (κ3) is 2.24. The van der Waals surface area contributed by atoms with Crippen LogP contribution in [0.15, 0.2) is 12.4 Å². The van der Waals surface area contributed by atoms with E-state index in [0.717, 1.165) is 37.3 Å². The first kappa shape index (κ1) is 11.1. The molecule has 1 fully saturated rings. The molecule has 0 saturated heterocycles. The zero-order valence-corrected chi connectivity index (χ0v) is 9.53. The molecule has 0 aromatic carbocycles. The molecule has 16 heavy (non-hydrogen) atoms. The van der Waals surface area contributed by atoms with Gasteiger partial charge in [0.15, 0.2) is 0 Å². The molecule has 1 aliphatic carbocycles. The van der Waals surface area contributed by atoms with E-state index in [-0.39, 0.29) is 12.1 Å². The van der Waals surface area contributed by atoms with E-state index in [1.165, 1.54) is 0 Å². The average Bonchev–Trinajstić information content (AvgIpc) is 2.78. The Balaban J connectivity index is 2.12. The van der Waals surface area contributed by atoms with Crippen molar-refractivity contribution in [3.05, 3.63) is 12.4 Å². The minimum Gasteiger partial charge on any atom is -0.394 e. The highest BCUT2D eigenvalue weighted by Crippen LogP contribution is 2.32. The van der Waals surface area contributed by atoms with Gasteiger partial charge < -0.3 is 15.7 Å². The Hall–Kier alpha value is -1.36. The maximum absolute atomic E-state index is 9.48. The Kier molecular flexibility index (Phi) is 3.24. The molecule has 0 atom stereocenters. The average molecular weight is 222 g/mol. The third-order valence-electron chi connectivity index (χ3n) is 3.15. The van der Waals surface area contributed by atoms with Gasteiger partial charge in [0.1, 0.15) is 11.6 Å². The standard InChI is InChI=1S/C11H18N4O/c1-12-9-6-13-7-10(14-9)15-11(8-16)4-2-3-5-11/h6-7,16H,2-5,8H2,1H3,(H2,12,14,15). The molecule has 2 rings (SSSR count). The van der Waals surface area contributed by atoms with Crippen molar-refractivity contribution in [3.63, 3.8) is 0 Å². The van der Waals surface area contributed by atoms with Gasteiger partial charge in [-0.25, -0.2) is 4.98 Å².